The molecule has 1 fully saturated rings. The Morgan fingerprint density at radius 2 is 2.12 bits per heavy atom. The number of hydrogen-bond donors (Lipinski definition) is 1. The van der Waals surface area contributed by atoms with E-state index >= 15 is 0 Å². The monoisotopic (exact) mass is 110 g/mol. The third kappa shape index (κ3) is 0.451. The Bertz CT molecular complexity index is 128. The minimum atomic E-state index is -0.00926. The second-order valence-corrected chi connectivity index (χ2v) is 2.85. The molecule has 3 atom stereocenters. The highest BCUT2D eigenvalue weighted by Crippen LogP contribution is 2.38. The highest BCUT2D eigenvalue weighted by molar-refractivity contribution is 5.10. The van der Waals surface area contributed by atoms with Gasteiger partial charge in [0, 0.05) is 5.92 Å². The summed E-state index contributed by atoms with van der Waals surface area (Å²) in [5.41, 5.74) is 0. The van der Waals surface area contributed by atoms with Crippen molar-refractivity contribution < 1.29 is 5.11 Å². The van der Waals surface area contributed by atoms with Gasteiger partial charge in [-0.2, -0.15) is 0 Å². The lowest BCUT2D eigenvalue weighted by atomic mass is 10.1. The summed E-state index contributed by atoms with van der Waals surface area (Å²) < 4.78 is 0. The minimum absolute atomic E-state index is 0.00926. The molecule has 0 aromatic carbocycles. The maximum Gasteiger partial charge on any atom is 0.0608 e. The van der Waals surface area contributed by atoms with Crippen LogP contribution in [0.25, 0.3) is 0 Å². The lowest BCUT2D eigenvalue weighted by Gasteiger charge is -2.08. The third-order valence-corrected chi connectivity index (χ3v) is 2.24. The zero-order valence-electron chi connectivity index (χ0n) is 4.75. The van der Waals surface area contributed by atoms with E-state index in [1.807, 2.05) is 0 Å². The van der Waals surface area contributed by atoms with Crippen molar-refractivity contribution in [2.45, 2.75) is 18.9 Å². The van der Waals surface area contributed by atoms with E-state index in [0.29, 0.717) is 5.92 Å². The van der Waals surface area contributed by atoms with Crippen LogP contribution in [0.1, 0.15) is 12.8 Å². The molecule has 1 nitrogen and oxygen atoms in total. The van der Waals surface area contributed by atoms with E-state index in [1.165, 1.54) is 6.42 Å². The highest BCUT2D eigenvalue weighted by atomic mass is 16.3. The lowest BCUT2D eigenvalue weighted by Crippen LogP contribution is -2.11. The second-order valence-electron chi connectivity index (χ2n) is 2.85. The van der Waals surface area contributed by atoms with Crippen LogP contribution in [0.3, 0.4) is 0 Å². The van der Waals surface area contributed by atoms with E-state index in [0.717, 1.165) is 12.3 Å². The van der Waals surface area contributed by atoms with Crippen molar-refractivity contribution in [3.8, 4) is 0 Å². The number of aliphatic hydroxyl groups excluding tert-OH is 1. The first kappa shape index (κ1) is 4.57. The molecule has 0 radical (unpaired) electrons. The Balaban J connectivity index is 2.23. The number of aliphatic hydroxyl groups is 1. The summed E-state index contributed by atoms with van der Waals surface area (Å²) >= 11 is 0. The molecule has 0 aromatic rings. The van der Waals surface area contributed by atoms with Crippen molar-refractivity contribution in [3.63, 3.8) is 0 Å². The fourth-order valence-electron chi connectivity index (χ4n) is 1.75. The summed E-state index contributed by atoms with van der Waals surface area (Å²) in [4.78, 5) is 0. The molecule has 8 heavy (non-hydrogen) atoms. The van der Waals surface area contributed by atoms with Crippen molar-refractivity contribution in [1.82, 2.24) is 0 Å². The SMILES string of the molecule is O[C@H]1C[C@@H]2C=C[C@@H]1C2. The Hall–Kier alpha value is -0.300. The van der Waals surface area contributed by atoms with E-state index in [2.05, 4.69) is 12.2 Å². The molecule has 2 rings (SSSR count). The number of allylic oxidation sites excluding steroid dienone is 1. The Labute approximate surface area is 49.0 Å². The molecule has 2 aliphatic carbocycles. The first-order valence-corrected chi connectivity index (χ1v) is 3.22. The average Bonchev–Trinajstić information content (AvgIpc) is 2.23. The van der Waals surface area contributed by atoms with Crippen LogP contribution < -0.4 is 0 Å². The lowest BCUT2D eigenvalue weighted by molar-refractivity contribution is 0.148. The molecule has 0 spiro atoms. The summed E-state index contributed by atoms with van der Waals surface area (Å²) in [7, 11) is 0. The number of hydrogen-bond acceptors (Lipinski definition) is 1. The van der Waals surface area contributed by atoms with Gasteiger partial charge in [0.1, 0.15) is 0 Å². The molecular weight excluding hydrogens is 100 g/mol. The van der Waals surface area contributed by atoms with Crippen LogP contribution >= 0.6 is 0 Å². The quantitative estimate of drug-likeness (QED) is 0.460. The molecule has 0 aromatic heterocycles. The molecule has 0 heterocycles. The summed E-state index contributed by atoms with van der Waals surface area (Å²) in [5, 5.41) is 9.17. The normalized spacial score (nSPS) is 50.9. The Morgan fingerprint density at radius 1 is 1.25 bits per heavy atom. The molecule has 1 saturated carbocycles. The van der Waals surface area contributed by atoms with E-state index in [-0.39, 0.29) is 6.10 Å². The Morgan fingerprint density at radius 3 is 2.38 bits per heavy atom. The van der Waals surface area contributed by atoms with Gasteiger partial charge in [0.05, 0.1) is 6.10 Å². The van der Waals surface area contributed by atoms with Gasteiger partial charge >= 0.3 is 0 Å². The first-order chi connectivity index (χ1) is 3.86. The maximum absolute atomic E-state index is 9.17. The van der Waals surface area contributed by atoms with Gasteiger partial charge in [-0.3, -0.25) is 0 Å². The van der Waals surface area contributed by atoms with Crippen molar-refractivity contribution >= 4 is 0 Å². The molecule has 0 saturated heterocycles. The zero-order valence-corrected chi connectivity index (χ0v) is 4.75. The third-order valence-electron chi connectivity index (χ3n) is 2.24. The van der Waals surface area contributed by atoms with Crippen LogP contribution in [0.2, 0.25) is 0 Å². The molecule has 0 amide bonds. The van der Waals surface area contributed by atoms with Crippen molar-refractivity contribution in [1.29, 1.82) is 0 Å². The van der Waals surface area contributed by atoms with Gasteiger partial charge < -0.3 is 5.11 Å². The van der Waals surface area contributed by atoms with Crippen LogP contribution in [0.4, 0.5) is 0 Å². The van der Waals surface area contributed by atoms with Gasteiger partial charge in [-0.05, 0) is 18.8 Å². The van der Waals surface area contributed by atoms with E-state index in [4.69, 9.17) is 5.11 Å². The predicted octanol–water partition coefficient (Wildman–Crippen LogP) is 0.943. The van der Waals surface area contributed by atoms with Crippen LogP contribution in [0.15, 0.2) is 12.2 Å². The van der Waals surface area contributed by atoms with Gasteiger partial charge in [0.15, 0.2) is 0 Å². The number of fused-ring (bicyclic) bond motifs is 2. The first-order valence-electron chi connectivity index (χ1n) is 3.22. The highest BCUT2D eigenvalue weighted by Gasteiger charge is 2.33. The molecular formula is C7H10O. The zero-order chi connectivity index (χ0) is 5.56. The average molecular weight is 110 g/mol. The van der Waals surface area contributed by atoms with Gasteiger partial charge in [0.2, 0.25) is 0 Å². The number of rotatable bonds is 0. The van der Waals surface area contributed by atoms with Gasteiger partial charge in [0.25, 0.3) is 0 Å². The van der Waals surface area contributed by atoms with Crippen LogP contribution in [0, 0.1) is 11.8 Å². The molecule has 1 heteroatoms. The molecule has 0 aliphatic heterocycles. The largest absolute Gasteiger partial charge is 0.392 e. The topological polar surface area (TPSA) is 20.2 Å². The van der Waals surface area contributed by atoms with Gasteiger partial charge in [-0.25, -0.2) is 0 Å². The fraction of sp³-hybridized carbons (Fsp3) is 0.714. The van der Waals surface area contributed by atoms with Crippen LogP contribution in [-0.4, -0.2) is 11.2 Å². The van der Waals surface area contributed by atoms with E-state index < -0.39 is 0 Å². The molecule has 2 aliphatic rings. The van der Waals surface area contributed by atoms with Crippen LogP contribution in [0.5, 0.6) is 0 Å². The summed E-state index contributed by atoms with van der Waals surface area (Å²) in [6.07, 6.45) is 6.60. The maximum atomic E-state index is 9.17. The predicted molar refractivity (Wildman–Crippen MR) is 31.4 cm³/mol. The molecule has 0 unspecified atom stereocenters. The smallest absolute Gasteiger partial charge is 0.0608 e. The molecule has 2 bridgehead atoms. The van der Waals surface area contributed by atoms with E-state index in [1.54, 1.807) is 0 Å². The minimum Gasteiger partial charge on any atom is -0.392 e. The summed E-state index contributed by atoms with van der Waals surface area (Å²) in [6.45, 7) is 0. The molecule has 1 N–H and O–H groups in total. The Kier molecular flexibility index (Phi) is 0.770. The second kappa shape index (κ2) is 1.35. The van der Waals surface area contributed by atoms with Gasteiger partial charge in [-0.1, -0.05) is 12.2 Å². The van der Waals surface area contributed by atoms with Gasteiger partial charge in [-0.15, -0.1) is 0 Å². The summed E-state index contributed by atoms with van der Waals surface area (Å²) in [5.74, 6) is 1.23. The van der Waals surface area contributed by atoms with Crippen LogP contribution in [-0.2, 0) is 0 Å². The van der Waals surface area contributed by atoms with Crippen molar-refractivity contribution in [3.05, 3.63) is 12.2 Å². The standard InChI is InChI=1S/C7H10O/c8-7-4-5-1-2-6(7)3-5/h1-2,5-8H,3-4H2/t5-,6-,7+/m1/s1. The summed E-state index contributed by atoms with van der Waals surface area (Å²) in [6, 6.07) is 0. The van der Waals surface area contributed by atoms with Crippen molar-refractivity contribution in [2.75, 3.05) is 0 Å². The molecule has 44 valence electrons. The fourth-order valence-corrected chi connectivity index (χ4v) is 1.75. The van der Waals surface area contributed by atoms with Crippen molar-refractivity contribution in [2.24, 2.45) is 11.8 Å². The van der Waals surface area contributed by atoms with E-state index in [9.17, 15) is 0 Å².